The molecule has 21 heavy (non-hydrogen) atoms. The Morgan fingerprint density at radius 2 is 1.95 bits per heavy atom. The van der Waals surface area contributed by atoms with Crippen molar-refractivity contribution in [3.63, 3.8) is 0 Å². The predicted octanol–water partition coefficient (Wildman–Crippen LogP) is 0.878. The third-order valence-corrected chi connectivity index (χ3v) is 2.74. The maximum atomic E-state index is 12.0. The fraction of sp³-hybridized carbons (Fsp3) is 0.385. The van der Waals surface area contributed by atoms with E-state index >= 15 is 0 Å². The summed E-state index contributed by atoms with van der Waals surface area (Å²) in [6.45, 7) is 6.79. The van der Waals surface area contributed by atoms with Gasteiger partial charge in [0.15, 0.2) is 16.9 Å². The second kappa shape index (κ2) is 4.94. The summed E-state index contributed by atoms with van der Waals surface area (Å²) in [5.41, 5.74) is -0.670. The van der Waals surface area contributed by atoms with E-state index in [1.54, 1.807) is 27.7 Å². The normalized spacial score (nSPS) is 11.2. The molecule has 0 unspecified atom stereocenters. The van der Waals surface area contributed by atoms with E-state index in [2.05, 4.69) is 25.3 Å². The summed E-state index contributed by atoms with van der Waals surface area (Å²) in [6.07, 6.45) is 0. The van der Waals surface area contributed by atoms with E-state index in [4.69, 9.17) is 5.26 Å². The van der Waals surface area contributed by atoms with E-state index < -0.39 is 11.0 Å². The van der Waals surface area contributed by atoms with Crippen LogP contribution in [0.25, 0.3) is 11.2 Å². The van der Waals surface area contributed by atoms with Crippen LogP contribution >= 0.6 is 0 Å². The number of nitrogens with one attached hydrogen (secondary N) is 2. The van der Waals surface area contributed by atoms with E-state index in [1.165, 1.54) is 0 Å². The first kappa shape index (κ1) is 14.6. The zero-order valence-electron chi connectivity index (χ0n) is 12.1. The molecule has 0 spiro atoms. The minimum atomic E-state index is -0.635. The first-order valence-corrected chi connectivity index (χ1v) is 6.22. The Hall–Kier alpha value is -2.82. The topological polar surface area (TPSA) is 124 Å². The summed E-state index contributed by atoms with van der Waals surface area (Å²) in [5.74, 6) is -0.319. The average Bonchev–Trinajstić information content (AvgIpc) is 2.38. The molecule has 2 N–H and O–H groups in total. The van der Waals surface area contributed by atoms with Crippen LogP contribution in [0.4, 0.5) is 5.95 Å². The van der Waals surface area contributed by atoms with Crippen molar-refractivity contribution < 1.29 is 4.79 Å². The van der Waals surface area contributed by atoms with Crippen molar-refractivity contribution in [1.29, 1.82) is 5.26 Å². The molecule has 0 aliphatic heterocycles. The van der Waals surface area contributed by atoms with Crippen LogP contribution in [-0.4, -0.2) is 25.8 Å². The summed E-state index contributed by atoms with van der Waals surface area (Å²) in [5, 5.41) is 11.4. The van der Waals surface area contributed by atoms with Gasteiger partial charge in [-0.25, -0.2) is 9.97 Å². The van der Waals surface area contributed by atoms with Gasteiger partial charge in [0.2, 0.25) is 11.9 Å². The molecule has 0 fully saturated rings. The molecule has 0 radical (unpaired) electrons. The molecule has 0 aliphatic rings. The number of nitriles is 1. The average molecular weight is 286 g/mol. The molecule has 0 aliphatic carbocycles. The lowest BCUT2D eigenvalue weighted by Gasteiger charge is -2.16. The molecule has 1 amide bonds. The third-order valence-electron chi connectivity index (χ3n) is 2.74. The second-order valence-electron chi connectivity index (χ2n) is 5.56. The van der Waals surface area contributed by atoms with Crippen LogP contribution in [-0.2, 0) is 4.79 Å². The van der Waals surface area contributed by atoms with Gasteiger partial charge in [-0.2, -0.15) is 10.2 Å². The van der Waals surface area contributed by atoms with Gasteiger partial charge in [0, 0.05) is 5.41 Å². The number of aromatic amines is 1. The summed E-state index contributed by atoms with van der Waals surface area (Å²) in [4.78, 5) is 38.3. The highest BCUT2D eigenvalue weighted by Crippen LogP contribution is 2.15. The number of hydrogen-bond acceptors (Lipinski definition) is 6. The molecule has 0 bridgehead atoms. The quantitative estimate of drug-likeness (QED) is 0.801. The Labute approximate surface area is 120 Å². The van der Waals surface area contributed by atoms with Crippen LogP contribution in [0.1, 0.15) is 32.2 Å². The van der Waals surface area contributed by atoms with Crippen LogP contribution < -0.4 is 10.9 Å². The lowest BCUT2D eigenvalue weighted by molar-refractivity contribution is -0.123. The lowest BCUT2D eigenvalue weighted by atomic mass is 9.96. The smallest absolute Gasteiger partial charge is 0.280 e. The highest BCUT2D eigenvalue weighted by atomic mass is 16.2. The van der Waals surface area contributed by atoms with Crippen LogP contribution in [0.5, 0.6) is 0 Å². The van der Waals surface area contributed by atoms with Crippen LogP contribution in [0, 0.1) is 23.7 Å². The molecule has 108 valence electrons. The third kappa shape index (κ3) is 2.86. The summed E-state index contributed by atoms with van der Waals surface area (Å²) in [6, 6.07) is 1.88. The number of H-pyrrole nitrogens is 1. The van der Waals surface area contributed by atoms with E-state index in [0.717, 1.165) is 0 Å². The maximum absolute atomic E-state index is 12.0. The van der Waals surface area contributed by atoms with Crippen LogP contribution in [0.15, 0.2) is 4.79 Å². The summed E-state index contributed by atoms with van der Waals surface area (Å²) >= 11 is 0. The van der Waals surface area contributed by atoms with Gasteiger partial charge in [0.1, 0.15) is 6.07 Å². The molecule has 2 rings (SSSR count). The number of amides is 1. The van der Waals surface area contributed by atoms with Gasteiger partial charge < -0.3 is 0 Å². The van der Waals surface area contributed by atoms with Gasteiger partial charge in [-0.3, -0.25) is 19.9 Å². The summed E-state index contributed by atoms with van der Waals surface area (Å²) in [7, 11) is 0. The fourth-order valence-corrected chi connectivity index (χ4v) is 1.50. The minimum absolute atomic E-state index is 0.0186. The molecular weight excluding hydrogens is 272 g/mol. The standard InChI is InChI=1S/C13H14N6O2/c1-6-7(5-14)16-9-8(15-6)10(20)18-12(17-9)19-11(21)13(2,3)4/h1-4H3,(H2,16,17,18,19,20,21). The first-order valence-electron chi connectivity index (χ1n) is 6.22. The molecule has 0 saturated carbocycles. The Kier molecular flexibility index (Phi) is 3.43. The first-order chi connectivity index (χ1) is 9.72. The number of carbonyl (C=O) groups excluding carboxylic acids is 1. The largest absolute Gasteiger partial charge is 0.296 e. The number of fused-ring (bicyclic) bond motifs is 1. The number of anilines is 1. The second-order valence-corrected chi connectivity index (χ2v) is 5.56. The lowest BCUT2D eigenvalue weighted by Crippen LogP contribution is -2.29. The maximum Gasteiger partial charge on any atom is 0.280 e. The molecule has 0 aromatic carbocycles. The van der Waals surface area contributed by atoms with Crippen molar-refractivity contribution in [2.75, 3.05) is 5.32 Å². The van der Waals surface area contributed by atoms with E-state index in [0.29, 0.717) is 5.69 Å². The number of rotatable bonds is 1. The molecule has 0 atom stereocenters. The predicted molar refractivity (Wildman–Crippen MR) is 75.5 cm³/mol. The highest BCUT2D eigenvalue weighted by Gasteiger charge is 2.22. The Morgan fingerprint density at radius 3 is 2.52 bits per heavy atom. The summed E-state index contributed by atoms with van der Waals surface area (Å²) < 4.78 is 0. The van der Waals surface area contributed by atoms with Gasteiger partial charge in [-0.05, 0) is 6.92 Å². The zero-order valence-corrected chi connectivity index (χ0v) is 12.1. The number of aromatic nitrogens is 4. The van der Waals surface area contributed by atoms with Crippen molar-refractivity contribution in [3.05, 3.63) is 21.7 Å². The van der Waals surface area contributed by atoms with Crippen molar-refractivity contribution in [2.24, 2.45) is 5.41 Å². The van der Waals surface area contributed by atoms with Crippen LogP contribution in [0.3, 0.4) is 0 Å². The van der Waals surface area contributed by atoms with Gasteiger partial charge in [-0.1, -0.05) is 20.8 Å². The molecule has 2 aromatic rings. The Bertz CT molecular complexity index is 825. The SMILES string of the molecule is Cc1nc2c(=O)[nH]c(NC(=O)C(C)(C)C)nc2nc1C#N. The van der Waals surface area contributed by atoms with Gasteiger partial charge in [0.25, 0.3) is 5.56 Å². The minimum Gasteiger partial charge on any atom is -0.296 e. The fourth-order valence-electron chi connectivity index (χ4n) is 1.50. The molecule has 0 saturated heterocycles. The Balaban J connectivity index is 2.55. The van der Waals surface area contributed by atoms with Gasteiger partial charge >= 0.3 is 0 Å². The number of aryl methyl sites for hydroxylation is 1. The Morgan fingerprint density at radius 1 is 1.29 bits per heavy atom. The van der Waals surface area contributed by atoms with E-state index in [1.807, 2.05) is 6.07 Å². The molecule has 8 nitrogen and oxygen atoms in total. The van der Waals surface area contributed by atoms with Gasteiger partial charge in [-0.15, -0.1) is 0 Å². The molecule has 8 heteroatoms. The number of carbonyl (C=O) groups is 1. The molecular formula is C13H14N6O2. The van der Waals surface area contributed by atoms with E-state index in [9.17, 15) is 9.59 Å². The number of nitrogens with zero attached hydrogens (tertiary/aromatic N) is 4. The van der Waals surface area contributed by atoms with E-state index in [-0.39, 0.29) is 28.7 Å². The highest BCUT2D eigenvalue weighted by molar-refractivity contribution is 5.93. The van der Waals surface area contributed by atoms with Crippen molar-refractivity contribution >= 4 is 23.0 Å². The van der Waals surface area contributed by atoms with Crippen LogP contribution in [0.2, 0.25) is 0 Å². The molecule has 2 heterocycles. The van der Waals surface area contributed by atoms with Crippen molar-refractivity contribution in [2.45, 2.75) is 27.7 Å². The zero-order chi connectivity index (χ0) is 15.8. The van der Waals surface area contributed by atoms with Crippen molar-refractivity contribution in [3.8, 4) is 6.07 Å². The molecule has 2 aromatic heterocycles. The van der Waals surface area contributed by atoms with Gasteiger partial charge in [0.05, 0.1) is 5.69 Å². The number of hydrogen-bond donors (Lipinski definition) is 2. The monoisotopic (exact) mass is 286 g/mol. The van der Waals surface area contributed by atoms with Crippen molar-refractivity contribution in [1.82, 2.24) is 19.9 Å².